The molecule has 0 saturated carbocycles. The van der Waals surface area contributed by atoms with Gasteiger partial charge in [-0.15, -0.1) is 0 Å². The molecule has 332 valence electrons. The van der Waals surface area contributed by atoms with Crippen LogP contribution in [-0.2, 0) is 51.2 Å². The molecule has 19 heteroatoms. The lowest BCUT2D eigenvalue weighted by Gasteiger charge is -2.33. The summed E-state index contributed by atoms with van der Waals surface area (Å²) >= 11 is 0. The Kier molecular flexibility index (Phi) is 15.1. The Hall–Kier alpha value is -6.53. The first kappa shape index (κ1) is 45.0. The number of amides is 7. The zero-order valence-electron chi connectivity index (χ0n) is 34.6. The molecule has 62 heavy (non-hydrogen) atoms. The van der Waals surface area contributed by atoms with Gasteiger partial charge in [0.2, 0.25) is 41.4 Å². The van der Waals surface area contributed by atoms with Crippen LogP contribution in [-0.4, -0.2) is 142 Å². The fourth-order valence-electron chi connectivity index (χ4n) is 8.82. The van der Waals surface area contributed by atoms with Gasteiger partial charge in [-0.25, -0.2) is 0 Å². The molecule has 7 amide bonds. The van der Waals surface area contributed by atoms with Crippen LogP contribution in [0.3, 0.4) is 0 Å². The van der Waals surface area contributed by atoms with Crippen LogP contribution >= 0.6 is 0 Å². The highest BCUT2D eigenvalue weighted by Crippen LogP contribution is 2.27. The molecule has 4 fully saturated rings. The van der Waals surface area contributed by atoms with E-state index in [0.29, 0.717) is 31.2 Å². The standard InChI is InChI=1S/C43H56N10O9/c44-43(45)46-19-7-15-28-36(56)49-30(24-27-13-5-2-6-14-27)40(60)53-22-10-18-34(53)42(62)52-21-9-17-33(52)39(59)48-29(23-26-11-3-1-4-12-26)37(57)50-31(25-35(54)55)41(61)51-20-8-16-32(51)38(58)47-28/h1-6,11-14,28-34H,7-10,15-25H2,(H,47,58)(H,48,59)(H,49,56)(H,50,57)(H,54,55)(H4,44,45,46). The van der Waals surface area contributed by atoms with Gasteiger partial charge >= 0.3 is 5.97 Å². The van der Waals surface area contributed by atoms with Crippen LogP contribution in [0.5, 0.6) is 0 Å². The van der Waals surface area contributed by atoms with Crippen LogP contribution in [0, 0.1) is 0 Å². The lowest BCUT2D eigenvalue weighted by atomic mass is 10.0. The molecule has 0 aliphatic carbocycles. The monoisotopic (exact) mass is 856 g/mol. The van der Waals surface area contributed by atoms with Gasteiger partial charge in [0.1, 0.15) is 42.3 Å². The molecule has 19 nitrogen and oxygen atoms in total. The highest BCUT2D eigenvalue weighted by atomic mass is 16.4. The highest BCUT2D eigenvalue weighted by molar-refractivity contribution is 5.99. The zero-order valence-corrected chi connectivity index (χ0v) is 34.6. The Labute approximate surface area is 359 Å². The number of carbonyl (C=O) groups is 8. The van der Waals surface area contributed by atoms with Crippen molar-refractivity contribution in [2.45, 2.75) is 113 Å². The van der Waals surface area contributed by atoms with Crippen molar-refractivity contribution in [1.82, 2.24) is 36.0 Å². The van der Waals surface area contributed by atoms with Gasteiger partial charge in [-0.3, -0.25) is 43.3 Å². The summed E-state index contributed by atoms with van der Waals surface area (Å²) in [6.45, 7) is 0.631. The number of hydrogen-bond donors (Lipinski definition) is 7. The zero-order chi connectivity index (χ0) is 44.3. The van der Waals surface area contributed by atoms with Crippen LogP contribution in [0.15, 0.2) is 65.7 Å². The van der Waals surface area contributed by atoms with Crippen molar-refractivity contribution in [3.05, 3.63) is 71.8 Å². The average Bonchev–Trinajstić information content (AvgIpc) is 4.06. The third-order valence-corrected chi connectivity index (χ3v) is 11.9. The predicted octanol–water partition coefficient (Wildman–Crippen LogP) is -1.07. The van der Waals surface area contributed by atoms with Gasteiger partial charge in [-0.05, 0) is 62.5 Å². The third kappa shape index (κ3) is 11.2. The number of fused-ring (bicyclic) bond motifs is 3. The molecule has 2 aromatic carbocycles. The minimum Gasteiger partial charge on any atom is -0.481 e. The predicted molar refractivity (Wildman–Crippen MR) is 224 cm³/mol. The maximum absolute atomic E-state index is 14.6. The van der Waals surface area contributed by atoms with Crippen molar-refractivity contribution in [3.8, 4) is 0 Å². The topological polar surface area (TPSA) is 279 Å². The molecule has 6 rings (SSSR count). The maximum atomic E-state index is 14.6. The number of nitrogens with one attached hydrogen (secondary N) is 4. The molecular formula is C43H56N10O9. The summed E-state index contributed by atoms with van der Waals surface area (Å²) in [5.74, 6) is -6.18. The highest BCUT2D eigenvalue weighted by Gasteiger charge is 2.45. The van der Waals surface area contributed by atoms with Gasteiger partial charge in [0.25, 0.3) is 0 Å². The second-order valence-corrected chi connectivity index (χ2v) is 16.2. The number of nitrogens with two attached hydrogens (primary N) is 2. The van der Waals surface area contributed by atoms with Gasteiger partial charge in [-0.2, -0.15) is 0 Å². The Balaban J connectivity index is 1.39. The Morgan fingerprint density at radius 2 is 1.02 bits per heavy atom. The van der Waals surface area contributed by atoms with Crippen molar-refractivity contribution in [2.75, 3.05) is 26.2 Å². The van der Waals surface area contributed by atoms with E-state index in [2.05, 4.69) is 26.3 Å². The molecule has 4 aliphatic rings. The minimum atomic E-state index is -1.63. The summed E-state index contributed by atoms with van der Waals surface area (Å²) in [5, 5.41) is 20.9. The van der Waals surface area contributed by atoms with E-state index in [-0.39, 0.29) is 70.7 Å². The molecule has 4 aliphatic heterocycles. The summed E-state index contributed by atoms with van der Waals surface area (Å²) in [7, 11) is 0. The summed E-state index contributed by atoms with van der Waals surface area (Å²) < 4.78 is 0. The lowest BCUT2D eigenvalue weighted by molar-refractivity contribution is -0.148. The fraction of sp³-hybridized carbons (Fsp3) is 0.512. The largest absolute Gasteiger partial charge is 0.481 e. The molecule has 4 heterocycles. The Bertz CT molecular complexity index is 2010. The van der Waals surface area contributed by atoms with Crippen LogP contribution in [0.2, 0.25) is 0 Å². The SMILES string of the molecule is NC(N)=NCCCC1NC(=O)C2CCCN2C(=O)C(CC(=O)O)NC(=O)C(Cc2ccccc2)NC(=O)C2CCCN2C(=O)C2CCCN2C(=O)C(Cc2ccccc2)NC1=O. The maximum Gasteiger partial charge on any atom is 0.305 e. The second-order valence-electron chi connectivity index (χ2n) is 16.2. The van der Waals surface area contributed by atoms with E-state index in [9.17, 15) is 43.5 Å². The molecule has 9 N–H and O–H groups in total. The van der Waals surface area contributed by atoms with Gasteiger partial charge in [0.15, 0.2) is 5.96 Å². The Morgan fingerprint density at radius 3 is 1.56 bits per heavy atom. The summed E-state index contributed by atoms with van der Waals surface area (Å²) in [6.07, 6.45) is 1.61. The van der Waals surface area contributed by atoms with E-state index in [1.807, 2.05) is 18.2 Å². The van der Waals surface area contributed by atoms with E-state index in [0.717, 1.165) is 5.56 Å². The Morgan fingerprint density at radius 1 is 0.581 bits per heavy atom. The molecular weight excluding hydrogens is 801 g/mol. The quantitative estimate of drug-likeness (QED) is 0.0858. The second kappa shape index (κ2) is 20.8. The van der Waals surface area contributed by atoms with Crippen LogP contribution in [0.1, 0.15) is 68.9 Å². The van der Waals surface area contributed by atoms with Crippen molar-refractivity contribution >= 4 is 53.3 Å². The number of carboxylic acids is 1. The smallest absolute Gasteiger partial charge is 0.305 e. The number of aliphatic carboxylic acids is 1. The first-order valence-electron chi connectivity index (χ1n) is 21.3. The number of rotatable bonds is 10. The first-order valence-corrected chi connectivity index (χ1v) is 21.3. The fourth-order valence-corrected chi connectivity index (χ4v) is 8.82. The van der Waals surface area contributed by atoms with Crippen molar-refractivity contribution in [2.24, 2.45) is 16.5 Å². The molecule has 4 saturated heterocycles. The number of hydrogen-bond acceptors (Lipinski definition) is 9. The van der Waals surface area contributed by atoms with E-state index < -0.39 is 96.0 Å². The van der Waals surface area contributed by atoms with Crippen LogP contribution in [0.4, 0.5) is 0 Å². The molecule has 7 atom stereocenters. The van der Waals surface area contributed by atoms with Crippen molar-refractivity contribution in [3.63, 3.8) is 0 Å². The number of aliphatic imine (C=N–C) groups is 1. The molecule has 7 unspecified atom stereocenters. The van der Waals surface area contributed by atoms with E-state index >= 15 is 0 Å². The number of benzene rings is 2. The molecule has 0 bridgehead atoms. The molecule has 2 aromatic rings. The van der Waals surface area contributed by atoms with Gasteiger partial charge < -0.3 is 52.5 Å². The molecule has 0 aromatic heterocycles. The van der Waals surface area contributed by atoms with E-state index in [4.69, 9.17) is 11.5 Å². The lowest BCUT2D eigenvalue weighted by Crippen LogP contribution is -2.59. The van der Waals surface area contributed by atoms with Crippen LogP contribution < -0.4 is 32.7 Å². The van der Waals surface area contributed by atoms with Crippen molar-refractivity contribution < 1.29 is 43.5 Å². The normalized spacial score (nSPS) is 26.6. The van der Waals surface area contributed by atoms with Crippen LogP contribution in [0.25, 0.3) is 0 Å². The van der Waals surface area contributed by atoms with Gasteiger partial charge in [-0.1, -0.05) is 60.7 Å². The average molecular weight is 857 g/mol. The van der Waals surface area contributed by atoms with Gasteiger partial charge in [0, 0.05) is 39.0 Å². The number of carbonyl (C=O) groups excluding carboxylic acids is 7. The summed E-state index contributed by atoms with van der Waals surface area (Å²) in [6, 6.07) is 9.45. The number of guanidine groups is 1. The number of nitrogens with zero attached hydrogens (tertiary/aromatic N) is 4. The minimum absolute atomic E-state index is 0.0267. The first-order chi connectivity index (χ1) is 29.8. The third-order valence-electron chi connectivity index (χ3n) is 11.9. The van der Waals surface area contributed by atoms with E-state index in [1.165, 1.54) is 14.7 Å². The van der Waals surface area contributed by atoms with E-state index in [1.54, 1.807) is 42.5 Å². The van der Waals surface area contributed by atoms with Gasteiger partial charge in [0.05, 0.1) is 6.42 Å². The molecule has 0 spiro atoms. The summed E-state index contributed by atoms with van der Waals surface area (Å²) in [4.78, 5) is 120. The molecule has 0 radical (unpaired) electrons. The summed E-state index contributed by atoms with van der Waals surface area (Å²) in [5.41, 5.74) is 12.4. The van der Waals surface area contributed by atoms with Crippen molar-refractivity contribution in [1.29, 1.82) is 0 Å². The number of carboxylic acid groups (broad SMARTS) is 1.